The Morgan fingerprint density at radius 2 is 2.00 bits per heavy atom. The molecule has 0 aliphatic heterocycles. The van der Waals surface area contributed by atoms with Crippen LogP contribution in [0.15, 0.2) is 16.7 Å². The van der Waals surface area contributed by atoms with Crippen LogP contribution in [-0.2, 0) is 0 Å². The number of aromatic nitrogens is 2. The molecule has 6 heteroatoms. The quantitative estimate of drug-likeness (QED) is 0.731. The van der Waals surface area contributed by atoms with Gasteiger partial charge in [-0.05, 0) is 13.0 Å². The summed E-state index contributed by atoms with van der Waals surface area (Å²) in [4.78, 5) is 3.82. The van der Waals surface area contributed by atoms with Gasteiger partial charge in [-0.15, -0.1) is 0 Å². The van der Waals surface area contributed by atoms with E-state index in [-0.39, 0.29) is 17.1 Å². The van der Waals surface area contributed by atoms with Gasteiger partial charge in [0.05, 0.1) is 11.3 Å². The van der Waals surface area contributed by atoms with Crippen LogP contribution in [-0.4, -0.2) is 10.1 Å². The van der Waals surface area contributed by atoms with E-state index in [1.54, 1.807) is 6.92 Å². The SMILES string of the molecule is Cc1noc(-c2cc(N)c(F)cc2F)n1. The number of anilines is 1. The van der Waals surface area contributed by atoms with Crippen LogP contribution in [0.1, 0.15) is 5.82 Å². The fourth-order valence-corrected chi connectivity index (χ4v) is 1.14. The van der Waals surface area contributed by atoms with Crippen molar-refractivity contribution in [3.05, 3.63) is 29.6 Å². The summed E-state index contributed by atoms with van der Waals surface area (Å²) in [5.41, 5.74) is 5.13. The molecular weight excluding hydrogens is 204 g/mol. The average molecular weight is 211 g/mol. The van der Waals surface area contributed by atoms with Gasteiger partial charge < -0.3 is 10.3 Å². The third kappa shape index (κ3) is 1.65. The molecule has 1 heterocycles. The highest BCUT2D eigenvalue weighted by molar-refractivity contribution is 5.60. The molecule has 2 aromatic rings. The van der Waals surface area contributed by atoms with Crippen LogP contribution in [0.5, 0.6) is 0 Å². The number of hydrogen-bond acceptors (Lipinski definition) is 4. The van der Waals surface area contributed by atoms with Crippen molar-refractivity contribution in [1.29, 1.82) is 0 Å². The van der Waals surface area contributed by atoms with E-state index in [1.165, 1.54) is 0 Å². The summed E-state index contributed by atoms with van der Waals surface area (Å²) in [6, 6.07) is 1.81. The van der Waals surface area contributed by atoms with Crippen molar-refractivity contribution in [2.45, 2.75) is 6.92 Å². The molecule has 1 aromatic heterocycles. The van der Waals surface area contributed by atoms with Crippen LogP contribution in [0.3, 0.4) is 0 Å². The second-order valence-corrected chi connectivity index (χ2v) is 3.00. The van der Waals surface area contributed by atoms with Crippen molar-refractivity contribution in [1.82, 2.24) is 10.1 Å². The van der Waals surface area contributed by atoms with Gasteiger partial charge in [-0.2, -0.15) is 4.98 Å². The van der Waals surface area contributed by atoms with Gasteiger partial charge in [-0.3, -0.25) is 0 Å². The Morgan fingerprint density at radius 3 is 2.60 bits per heavy atom. The zero-order chi connectivity index (χ0) is 11.0. The maximum Gasteiger partial charge on any atom is 0.260 e. The Kier molecular flexibility index (Phi) is 2.11. The molecule has 4 nitrogen and oxygen atoms in total. The van der Waals surface area contributed by atoms with Crippen molar-refractivity contribution in [2.24, 2.45) is 0 Å². The molecule has 0 fully saturated rings. The smallest absolute Gasteiger partial charge is 0.260 e. The summed E-state index contributed by atoms with van der Waals surface area (Å²) in [5.74, 6) is -1.25. The number of halogens is 2. The van der Waals surface area contributed by atoms with Crippen LogP contribution < -0.4 is 5.73 Å². The lowest BCUT2D eigenvalue weighted by molar-refractivity contribution is 0.423. The first-order valence-electron chi connectivity index (χ1n) is 4.13. The van der Waals surface area contributed by atoms with E-state index >= 15 is 0 Å². The second-order valence-electron chi connectivity index (χ2n) is 3.00. The van der Waals surface area contributed by atoms with Gasteiger partial charge in [0.25, 0.3) is 5.89 Å². The highest BCUT2D eigenvalue weighted by atomic mass is 19.1. The lowest BCUT2D eigenvalue weighted by Crippen LogP contribution is -1.94. The number of rotatable bonds is 1. The molecule has 78 valence electrons. The summed E-state index contributed by atoms with van der Waals surface area (Å²) in [6.45, 7) is 1.60. The van der Waals surface area contributed by atoms with Crippen LogP contribution in [0, 0.1) is 18.6 Å². The molecule has 0 saturated carbocycles. The Morgan fingerprint density at radius 1 is 1.27 bits per heavy atom. The Balaban J connectivity index is 2.58. The van der Waals surface area contributed by atoms with Crippen molar-refractivity contribution >= 4 is 5.69 Å². The predicted octanol–water partition coefficient (Wildman–Crippen LogP) is 1.91. The minimum atomic E-state index is -0.813. The zero-order valence-electron chi connectivity index (χ0n) is 7.79. The molecule has 2 rings (SSSR count). The highest BCUT2D eigenvalue weighted by Gasteiger charge is 2.14. The minimum absolute atomic E-state index is 0.00509. The summed E-state index contributed by atoms with van der Waals surface area (Å²) >= 11 is 0. The van der Waals surface area contributed by atoms with E-state index in [1.807, 2.05) is 0 Å². The molecule has 1 aromatic carbocycles. The van der Waals surface area contributed by atoms with E-state index in [2.05, 4.69) is 10.1 Å². The molecule has 0 saturated heterocycles. The van der Waals surface area contributed by atoms with Crippen molar-refractivity contribution in [3.63, 3.8) is 0 Å². The lowest BCUT2D eigenvalue weighted by atomic mass is 10.2. The average Bonchev–Trinajstić information content (AvgIpc) is 2.58. The van der Waals surface area contributed by atoms with Crippen molar-refractivity contribution < 1.29 is 13.3 Å². The van der Waals surface area contributed by atoms with Gasteiger partial charge in [-0.25, -0.2) is 8.78 Å². The largest absolute Gasteiger partial charge is 0.396 e. The monoisotopic (exact) mass is 211 g/mol. The summed E-state index contributed by atoms with van der Waals surface area (Å²) in [5, 5.41) is 3.50. The molecule has 0 spiro atoms. The second kappa shape index (κ2) is 3.30. The molecule has 15 heavy (non-hydrogen) atoms. The van der Waals surface area contributed by atoms with Gasteiger partial charge in [0.1, 0.15) is 11.6 Å². The van der Waals surface area contributed by atoms with E-state index in [9.17, 15) is 8.78 Å². The number of nitrogen functional groups attached to an aromatic ring is 1. The maximum atomic E-state index is 13.3. The molecule has 0 amide bonds. The first-order valence-corrected chi connectivity index (χ1v) is 4.13. The predicted molar refractivity (Wildman–Crippen MR) is 48.8 cm³/mol. The Hall–Kier alpha value is -1.98. The molecule has 0 aliphatic carbocycles. The Bertz CT molecular complexity index is 510. The Labute approximate surface area is 83.7 Å². The minimum Gasteiger partial charge on any atom is -0.396 e. The first-order chi connectivity index (χ1) is 7.08. The normalized spacial score (nSPS) is 10.6. The standard InChI is InChI=1S/C9H7F2N3O/c1-4-13-9(15-14-4)5-2-8(12)7(11)3-6(5)10/h2-3H,12H2,1H3. The molecule has 0 aliphatic rings. The van der Waals surface area contributed by atoms with Gasteiger partial charge in [0, 0.05) is 6.07 Å². The number of nitrogens with zero attached hydrogens (tertiary/aromatic N) is 2. The van der Waals surface area contributed by atoms with Crippen LogP contribution in [0.4, 0.5) is 14.5 Å². The molecule has 0 atom stereocenters. The highest BCUT2D eigenvalue weighted by Crippen LogP contribution is 2.25. The number of benzene rings is 1. The van der Waals surface area contributed by atoms with Crippen molar-refractivity contribution in [2.75, 3.05) is 5.73 Å². The molecule has 2 N–H and O–H groups in total. The summed E-state index contributed by atoms with van der Waals surface area (Å²) in [7, 11) is 0. The summed E-state index contributed by atoms with van der Waals surface area (Å²) < 4.78 is 30.9. The topological polar surface area (TPSA) is 64.9 Å². The maximum absolute atomic E-state index is 13.3. The number of hydrogen-bond donors (Lipinski definition) is 1. The van der Waals surface area contributed by atoms with E-state index in [0.717, 1.165) is 6.07 Å². The summed E-state index contributed by atoms with van der Waals surface area (Å²) in [6.07, 6.45) is 0. The van der Waals surface area contributed by atoms with Gasteiger partial charge in [0.2, 0.25) is 0 Å². The van der Waals surface area contributed by atoms with E-state index in [0.29, 0.717) is 11.9 Å². The van der Waals surface area contributed by atoms with E-state index in [4.69, 9.17) is 10.3 Å². The fraction of sp³-hybridized carbons (Fsp3) is 0.111. The van der Waals surface area contributed by atoms with Crippen LogP contribution >= 0.6 is 0 Å². The van der Waals surface area contributed by atoms with Crippen LogP contribution in [0.25, 0.3) is 11.5 Å². The number of nitrogens with two attached hydrogens (primary N) is 1. The first kappa shape index (κ1) is 9.57. The third-order valence-corrected chi connectivity index (χ3v) is 1.84. The third-order valence-electron chi connectivity index (χ3n) is 1.84. The molecular formula is C9H7F2N3O. The molecule has 0 bridgehead atoms. The molecule has 0 radical (unpaired) electrons. The lowest BCUT2D eigenvalue weighted by Gasteiger charge is -2.00. The van der Waals surface area contributed by atoms with Gasteiger partial charge in [0.15, 0.2) is 5.82 Å². The van der Waals surface area contributed by atoms with Crippen LogP contribution in [0.2, 0.25) is 0 Å². The van der Waals surface area contributed by atoms with Crippen molar-refractivity contribution in [3.8, 4) is 11.5 Å². The molecule has 0 unspecified atom stereocenters. The van der Waals surface area contributed by atoms with Gasteiger partial charge >= 0.3 is 0 Å². The fourth-order valence-electron chi connectivity index (χ4n) is 1.14. The van der Waals surface area contributed by atoms with E-state index < -0.39 is 11.6 Å². The number of aryl methyl sites for hydroxylation is 1. The zero-order valence-corrected chi connectivity index (χ0v) is 7.79. The van der Waals surface area contributed by atoms with Gasteiger partial charge in [-0.1, -0.05) is 5.16 Å².